The number of imide groups is 2. The van der Waals surface area contributed by atoms with Gasteiger partial charge in [0.15, 0.2) is 0 Å². The molecule has 1 saturated heterocycles. The van der Waals surface area contributed by atoms with Gasteiger partial charge < -0.3 is 4.74 Å². The Hall–Kier alpha value is -5.31. The maximum atomic E-state index is 13.4. The Morgan fingerprint density at radius 1 is 0.921 bits per heavy atom. The molecule has 188 valence electrons. The van der Waals surface area contributed by atoms with E-state index < -0.39 is 22.8 Å². The molecule has 38 heavy (non-hydrogen) atoms. The number of carbonyl (C=O) groups excluding carboxylic acids is 3. The summed E-state index contributed by atoms with van der Waals surface area (Å²) < 4.78 is 6.12. The molecule has 1 fully saturated rings. The topological polar surface area (TPSA) is 119 Å². The number of urea groups is 1. The van der Waals surface area contributed by atoms with Gasteiger partial charge in [0.1, 0.15) is 17.9 Å². The van der Waals surface area contributed by atoms with E-state index in [1.807, 2.05) is 61.5 Å². The van der Waals surface area contributed by atoms with Crippen molar-refractivity contribution in [1.82, 2.24) is 5.32 Å². The number of ether oxygens (including phenoxy) is 1. The number of amides is 4. The number of aryl methyl sites for hydroxylation is 1. The van der Waals surface area contributed by atoms with Gasteiger partial charge in [-0.1, -0.05) is 60.2 Å². The Morgan fingerprint density at radius 2 is 1.63 bits per heavy atom. The van der Waals surface area contributed by atoms with Gasteiger partial charge in [0.05, 0.1) is 10.6 Å². The SMILES string of the molecule is Cc1ccc(COc2ccc3ccccc3c2/C=C2\C(=O)NC(=O)N(c3ccc([N+](=O)[O-])cc3)C2=O)cc1. The van der Waals surface area contributed by atoms with Gasteiger partial charge in [-0.2, -0.15) is 0 Å². The summed E-state index contributed by atoms with van der Waals surface area (Å²) in [5.41, 5.74) is 2.19. The molecule has 0 aliphatic carbocycles. The lowest BCUT2D eigenvalue weighted by Crippen LogP contribution is -2.54. The van der Waals surface area contributed by atoms with Crippen molar-refractivity contribution in [3.05, 3.63) is 117 Å². The summed E-state index contributed by atoms with van der Waals surface area (Å²) in [5, 5.41) is 14.8. The second-order valence-electron chi connectivity index (χ2n) is 8.70. The number of carbonyl (C=O) groups is 3. The number of hydrogen-bond acceptors (Lipinski definition) is 6. The minimum Gasteiger partial charge on any atom is -0.488 e. The number of benzene rings is 4. The maximum Gasteiger partial charge on any atom is 0.335 e. The van der Waals surface area contributed by atoms with E-state index in [4.69, 9.17) is 4.74 Å². The van der Waals surface area contributed by atoms with Gasteiger partial charge in [0.25, 0.3) is 17.5 Å². The third-order valence-corrected chi connectivity index (χ3v) is 6.15. The van der Waals surface area contributed by atoms with Crippen LogP contribution < -0.4 is 15.0 Å². The highest BCUT2D eigenvalue weighted by atomic mass is 16.6. The fourth-order valence-corrected chi connectivity index (χ4v) is 4.16. The Bertz CT molecular complexity index is 1620. The van der Waals surface area contributed by atoms with E-state index in [1.54, 1.807) is 6.07 Å². The molecule has 1 aliphatic rings. The quantitative estimate of drug-likeness (QED) is 0.164. The van der Waals surface area contributed by atoms with Gasteiger partial charge in [0, 0.05) is 17.7 Å². The van der Waals surface area contributed by atoms with Gasteiger partial charge in [-0.05, 0) is 47.5 Å². The van der Waals surface area contributed by atoms with Crippen LogP contribution in [0.15, 0.2) is 90.5 Å². The minimum atomic E-state index is -0.945. The van der Waals surface area contributed by atoms with Crippen LogP contribution in [0.2, 0.25) is 0 Å². The normalized spacial score (nSPS) is 14.6. The fraction of sp³-hybridized carbons (Fsp3) is 0.0690. The number of anilines is 1. The van der Waals surface area contributed by atoms with E-state index in [-0.39, 0.29) is 23.6 Å². The number of hydrogen-bond donors (Lipinski definition) is 1. The Kier molecular flexibility index (Phi) is 6.40. The first-order chi connectivity index (χ1) is 18.3. The Labute approximate surface area is 217 Å². The molecule has 4 aromatic carbocycles. The number of nitrogens with zero attached hydrogens (tertiary/aromatic N) is 2. The summed E-state index contributed by atoms with van der Waals surface area (Å²) >= 11 is 0. The zero-order valence-electron chi connectivity index (χ0n) is 20.2. The molecular weight excluding hydrogens is 486 g/mol. The zero-order chi connectivity index (χ0) is 26.8. The monoisotopic (exact) mass is 507 g/mol. The molecule has 0 saturated carbocycles. The molecule has 9 nitrogen and oxygen atoms in total. The number of barbiturate groups is 1. The summed E-state index contributed by atoms with van der Waals surface area (Å²) in [6.07, 6.45) is 1.41. The Morgan fingerprint density at radius 3 is 2.34 bits per heavy atom. The van der Waals surface area contributed by atoms with Crippen molar-refractivity contribution < 1.29 is 24.0 Å². The lowest BCUT2D eigenvalue weighted by molar-refractivity contribution is -0.384. The van der Waals surface area contributed by atoms with Gasteiger partial charge in [-0.25, -0.2) is 9.69 Å². The standard InChI is InChI=1S/C29H21N3O6/c1-18-6-8-19(9-7-18)17-38-26-15-10-20-4-2-3-5-23(20)24(26)16-25-27(33)30-29(35)31(28(25)34)21-11-13-22(14-12-21)32(36)37/h2-16H,17H2,1H3,(H,30,33,35)/b25-16+. The highest BCUT2D eigenvalue weighted by molar-refractivity contribution is 6.39. The predicted molar refractivity (Wildman–Crippen MR) is 142 cm³/mol. The number of non-ortho nitro benzene ring substituents is 1. The molecule has 4 amide bonds. The average molecular weight is 508 g/mol. The first-order valence-corrected chi connectivity index (χ1v) is 11.7. The molecule has 5 rings (SSSR count). The van der Waals surface area contributed by atoms with Crippen molar-refractivity contribution in [3.8, 4) is 5.75 Å². The molecular formula is C29H21N3O6. The van der Waals surface area contributed by atoms with E-state index in [1.165, 1.54) is 30.3 Å². The first kappa shape index (κ1) is 24.4. The van der Waals surface area contributed by atoms with E-state index in [9.17, 15) is 24.5 Å². The van der Waals surface area contributed by atoms with Crippen LogP contribution in [0.4, 0.5) is 16.2 Å². The molecule has 1 heterocycles. The molecule has 9 heteroatoms. The van der Waals surface area contributed by atoms with Crippen molar-refractivity contribution in [2.45, 2.75) is 13.5 Å². The lowest BCUT2D eigenvalue weighted by Gasteiger charge is -2.26. The van der Waals surface area contributed by atoms with Crippen LogP contribution in [0.3, 0.4) is 0 Å². The molecule has 0 aromatic heterocycles. The van der Waals surface area contributed by atoms with Crippen LogP contribution in [-0.2, 0) is 16.2 Å². The molecule has 4 aromatic rings. The third-order valence-electron chi connectivity index (χ3n) is 6.15. The molecule has 0 bridgehead atoms. The fourth-order valence-electron chi connectivity index (χ4n) is 4.16. The summed E-state index contributed by atoms with van der Waals surface area (Å²) in [4.78, 5) is 50.0. The highest BCUT2D eigenvalue weighted by Crippen LogP contribution is 2.32. The van der Waals surface area contributed by atoms with Crippen LogP contribution in [0.25, 0.3) is 16.8 Å². The number of rotatable bonds is 6. The van der Waals surface area contributed by atoms with Gasteiger partial charge >= 0.3 is 6.03 Å². The predicted octanol–water partition coefficient (Wildman–Crippen LogP) is 5.30. The van der Waals surface area contributed by atoms with E-state index in [2.05, 4.69) is 5.32 Å². The highest BCUT2D eigenvalue weighted by Gasteiger charge is 2.37. The van der Waals surface area contributed by atoms with Crippen molar-refractivity contribution in [2.75, 3.05) is 4.90 Å². The third kappa shape index (κ3) is 4.72. The lowest BCUT2D eigenvalue weighted by atomic mass is 9.99. The Balaban J connectivity index is 1.55. The first-order valence-electron chi connectivity index (χ1n) is 11.7. The number of nitrogens with one attached hydrogen (secondary N) is 1. The zero-order valence-corrected chi connectivity index (χ0v) is 20.2. The minimum absolute atomic E-state index is 0.0882. The summed E-state index contributed by atoms with van der Waals surface area (Å²) in [5.74, 6) is -1.25. The van der Waals surface area contributed by atoms with Crippen molar-refractivity contribution >= 4 is 46.1 Å². The van der Waals surface area contributed by atoms with E-state index in [0.29, 0.717) is 11.3 Å². The van der Waals surface area contributed by atoms with Gasteiger partial charge in [0.2, 0.25) is 0 Å². The van der Waals surface area contributed by atoms with E-state index >= 15 is 0 Å². The molecule has 1 N–H and O–H groups in total. The van der Waals surface area contributed by atoms with Gasteiger partial charge in [-0.15, -0.1) is 0 Å². The summed E-state index contributed by atoms with van der Waals surface area (Å²) in [6.45, 7) is 2.26. The van der Waals surface area contributed by atoms with Crippen LogP contribution >= 0.6 is 0 Å². The second-order valence-corrected chi connectivity index (χ2v) is 8.70. The van der Waals surface area contributed by atoms with Crippen LogP contribution in [0.1, 0.15) is 16.7 Å². The largest absolute Gasteiger partial charge is 0.488 e. The van der Waals surface area contributed by atoms with Crippen LogP contribution in [-0.4, -0.2) is 22.8 Å². The van der Waals surface area contributed by atoms with Crippen molar-refractivity contribution in [3.63, 3.8) is 0 Å². The van der Waals surface area contributed by atoms with Crippen molar-refractivity contribution in [1.29, 1.82) is 0 Å². The van der Waals surface area contributed by atoms with Gasteiger partial charge in [-0.3, -0.25) is 25.0 Å². The number of nitro benzene ring substituents is 1. The molecule has 0 unspecified atom stereocenters. The maximum absolute atomic E-state index is 13.4. The van der Waals surface area contributed by atoms with Crippen LogP contribution in [0.5, 0.6) is 5.75 Å². The summed E-state index contributed by atoms with van der Waals surface area (Å²) in [6, 6.07) is 23.0. The van der Waals surface area contributed by atoms with Crippen molar-refractivity contribution in [2.24, 2.45) is 0 Å². The molecule has 0 atom stereocenters. The molecule has 1 aliphatic heterocycles. The van der Waals surface area contributed by atoms with Crippen LogP contribution in [0, 0.1) is 17.0 Å². The van der Waals surface area contributed by atoms with E-state index in [0.717, 1.165) is 26.8 Å². The average Bonchev–Trinajstić information content (AvgIpc) is 2.91. The number of fused-ring (bicyclic) bond motifs is 1. The molecule has 0 radical (unpaired) electrons. The second kappa shape index (κ2) is 9.98. The number of nitro groups is 1. The molecule has 0 spiro atoms. The smallest absolute Gasteiger partial charge is 0.335 e. The summed E-state index contributed by atoms with van der Waals surface area (Å²) in [7, 11) is 0.